The predicted molar refractivity (Wildman–Crippen MR) is 88.9 cm³/mol. The van der Waals surface area contributed by atoms with Crippen molar-refractivity contribution in [1.82, 2.24) is 15.1 Å². The van der Waals surface area contributed by atoms with Gasteiger partial charge in [-0.3, -0.25) is 0 Å². The minimum atomic E-state index is -0.848. The van der Waals surface area contributed by atoms with Gasteiger partial charge in [-0.2, -0.15) is 0 Å². The lowest BCUT2D eigenvalue weighted by molar-refractivity contribution is 0.0468. The lowest BCUT2D eigenvalue weighted by Crippen LogP contribution is -2.52. The summed E-state index contributed by atoms with van der Waals surface area (Å²) < 4.78 is 0. The van der Waals surface area contributed by atoms with Gasteiger partial charge in [-0.1, -0.05) is 12.8 Å². The van der Waals surface area contributed by atoms with Crippen molar-refractivity contribution >= 4 is 6.03 Å². The normalized spacial score (nSPS) is 22.0. The van der Waals surface area contributed by atoms with Crippen LogP contribution >= 0.6 is 0 Å². The SMILES string of the molecule is CCN(CC(C)(C)O)C(=O)NC1CCN(C2CCCC2)CC1. The molecule has 1 aliphatic heterocycles. The Labute approximate surface area is 135 Å². The topological polar surface area (TPSA) is 55.8 Å². The van der Waals surface area contributed by atoms with Crippen molar-refractivity contribution in [3.63, 3.8) is 0 Å². The van der Waals surface area contributed by atoms with E-state index in [4.69, 9.17) is 0 Å². The Hall–Kier alpha value is -0.810. The molecule has 2 fully saturated rings. The molecule has 128 valence electrons. The number of carbonyl (C=O) groups excluding carboxylic acids is 1. The van der Waals surface area contributed by atoms with Gasteiger partial charge in [-0.05, 0) is 46.5 Å². The molecular weight excluding hydrogens is 278 g/mol. The summed E-state index contributed by atoms with van der Waals surface area (Å²) in [6.45, 7) is 8.63. The van der Waals surface area contributed by atoms with Gasteiger partial charge in [0.05, 0.1) is 12.1 Å². The summed E-state index contributed by atoms with van der Waals surface area (Å²) >= 11 is 0. The second-order valence-corrected chi connectivity index (χ2v) is 7.52. The number of nitrogens with zero attached hydrogens (tertiary/aromatic N) is 2. The van der Waals surface area contributed by atoms with Crippen molar-refractivity contribution in [2.75, 3.05) is 26.2 Å². The number of nitrogens with one attached hydrogen (secondary N) is 1. The van der Waals surface area contributed by atoms with E-state index in [-0.39, 0.29) is 12.1 Å². The van der Waals surface area contributed by atoms with Gasteiger partial charge < -0.3 is 20.2 Å². The number of likely N-dealkylation sites (tertiary alicyclic amines) is 1. The van der Waals surface area contributed by atoms with Crippen molar-refractivity contribution in [2.24, 2.45) is 0 Å². The predicted octanol–water partition coefficient (Wildman–Crippen LogP) is 2.20. The number of urea groups is 1. The molecule has 0 aromatic rings. The molecule has 0 bridgehead atoms. The summed E-state index contributed by atoms with van der Waals surface area (Å²) in [6.07, 6.45) is 7.55. The molecule has 1 saturated heterocycles. The zero-order chi connectivity index (χ0) is 16.2. The van der Waals surface area contributed by atoms with E-state index in [0.717, 1.165) is 32.0 Å². The molecule has 1 heterocycles. The number of piperidine rings is 1. The first-order chi connectivity index (χ1) is 10.4. The third-order valence-electron chi connectivity index (χ3n) is 4.94. The molecule has 2 aliphatic rings. The second kappa shape index (κ2) is 7.64. The second-order valence-electron chi connectivity index (χ2n) is 7.52. The average molecular weight is 311 g/mol. The van der Waals surface area contributed by atoms with Gasteiger partial charge in [-0.25, -0.2) is 4.79 Å². The Morgan fingerprint density at radius 1 is 1.23 bits per heavy atom. The smallest absolute Gasteiger partial charge is 0.317 e. The Morgan fingerprint density at radius 2 is 1.82 bits per heavy atom. The maximum Gasteiger partial charge on any atom is 0.317 e. The van der Waals surface area contributed by atoms with Crippen molar-refractivity contribution in [2.45, 2.75) is 77.0 Å². The fourth-order valence-electron chi connectivity index (χ4n) is 3.74. The molecule has 1 saturated carbocycles. The highest BCUT2D eigenvalue weighted by Crippen LogP contribution is 2.26. The molecule has 0 spiro atoms. The number of hydrogen-bond acceptors (Lipinski definition) is 3. The number of hydrogen-bond donors (Lipinski definition) is 2. The van der Waals surface area contributed by atoms with Crippen LogP contribution in [0.1, 0.15) is 59.3 Å². The highest BCUT2D eigenvalue weighted by atomic mass is 16.3. The van der Waals surface area contributed by atoms with Crippen LogP contribution in [0.15, 0.2) is 0 Å². The molecule has 1 aliphatic carbocycles. The van der Waals surface area contributed by atoms with E-state index in [1.54, 1.807) is 18.7 Å². The number of likely N-dealkylation sites (N-methyl/N-ethyl adjacent to an activating group) is 1. The van der Waals surface area contributed by atoms with E-state index >= 15 is 0 Å². The fraction of sp³-hybridized carbons (Fsp3) is 0.941. The van der Waals surface area contributed by atoms with E-state index in [2.05, 4.69) is 10.2 Å². The highest BCUT2D eigenvalue weighted by Gasteiger charge is 2.29. The summed E-state index contributed by atoms with van der Waals surface area (Å²) in [5.74, 6) is 0. The molecule has 5 heteroatoms. The lowest BCUT2D eigenvalue weighted by Gasteiger charge is -2.37. The van der Waals surface area contributed by atoms with Crippen molar-refractivity contribution in [3.8, 4) is 0 Å². The van der Waals surface area contributed by atoms with E-state index < -0.39 is 5.60 Å². The van der Waals surface area contributed by atoms with E-state index in [1.165, 1.54) is 25.7 Å². The summed E-state index contributed by atoms with van der Waals surface area (Å²) in [7, 11) is 0. The molecule has 0 atom stereocenters. The molecule has 5 nitrogen and oxygen atoms in total. The summed E-state index contributed by atoms with van der Waals surface area (Å²) in [5.41, 5.74) is -0.848. The van der Waals surface area contributed by atoms with Gasteiger partial charge >= 0.3 is 6.03 Å². The Balaban J connectivity index is 1.75. The highest BCUT2D eigenvalue weighted by molar-refractivity contribution is 5.74. The minimum absolute atomic E-state index is 0.0380. The van der Waals surface area contributed by atoms with Crippen LogP contribution in [0.3, 0.4) is 0 Å². The third-order valence-corrected chi connectivity index (χ3v) is 4.94. The molecule has 22 heavy (non-hydrogen) atoms. The summed E-state index contributed by atoms with van der Waals surface area (Å²) in [6, 6.07) is 1.03. The van der Waals surface area contributed by atoms with Gasteiger partial charge in [0, 0.05) is 31.7 Å². The molecule has 0 unspecified atom stereocenters. The zero-order valence-electron chi connectivity index (χ0n) is 14.5. The Morgan fingerprint density at radius 3 is 2.32 bits per heavy atom. The first-order valence-electron chi connectivity index (χ1n) is 8.91. The number of carbonyl (C=O) groups is 1. The number of rotatable bonds is 5. The molecule has 0 aromatic carbocycles. The van der Waals surface area contributed by atoms with Crippen LogP contribution in [0.25, 0.3) is 0 Å². The zero-order valence-corrected chi connectivity index (χ0v) is 14.5. The number of aliphatic hydroxyl groups is 1. The average Bonchev–Trinajstić information content (AvgIpc) is 2.98. The Bertz CT molecular complexity index is 353. The largest absolute Gasteiger partial charge is 0.389 e. The standard InChI is InChI=1S/C17H33N3O2/c1-4-19(13-17(2,3)22)16(21)18-14-9-11-20(12-10-14)15-7-5-6-8-15/h14-15,22H,4-13H2,1-3H3,(H,18,21). The van der Waals surface area contributed by atoms with Crippen molar-refractivity contribution in [1.29, 1.82) is 0 Å². The molecule has 2 rings (SSSR count). The van der Waals surface area contributed by atoms with E-state index in [1.807, 2.05) is 6.92 Å². The number of amides is 2. The van der Waals surface area contributed by atoms with Crippen LogP contribution in [0.5, 0.6) is 0 Å². The van der Waals surface area contributed by atoms with Crippen LogP contribution in [-0.4, -0.2) is 64.8 Å². The first-order valence-corrected chi connectivity index (χ1v) is 8.91. The van der Waals surface area contributed by atoms with Crippen LogP contribution in [0, 0.1) is 0 Å². The summed E-state index contributed by atoms with van der Waals surface area (Å²) in [5, 5.41) is 13.1. The van der Waals surface area contributed by atoms with Gasteiger partial charge in [0.2, 0.25) is 0 Å². The van der Waals surface area contributed by atoms with E-state index in [9.17, 15) is 9.90 Å². The third kappa shape index (κ3) is 5.13. The van der Waals surface area contributed by atoms with Crippen molar-refractivity contribution in [3.05, 3.63) is 0 Å². The maximum absolute atomic E-state index is 12.3. The van der Waals surface area contributed by atoms with E-state index in [0.29, 0.717) is 13.1 Å². The molecular formula is C17H33N3O2. The van der Waals surface area contributed by atoms with Crippen LogP contribution in [-0.2, 0) is 0 Å². The molecule has 2 N–H and O–H groups in total. The van der Waals surface area contributed by atoms with Crippen LogP contribution in [0.4, 0.5) is 4.79 Å². The monoisotopic (exact) mass is 311 g/mol. The van der Waals surface area contributed by atoms with Gasteiger partial charge in [0.1, 0.15) is 0 Å². The van der Waals surface area contributed by atoms with Crippen LogP contribution in [0.2, 0.25) is 0 Å². The Kier molecular flexibility index (Phi) is 6.09. The van der Waals surface area contributed by atoms with Crippen LogP contribution < -0.4 is 5.32 Å². The van der Waals surface area contributed by atoms with Gasteiger partial charge in [0.25, 0.3) is 0 Å². The first kappa shape index (κ1) is 17.5. The van der Waals surface area contributed by atoms with Crippen molar-refractivity contribution < 1.29 is 9.90 Å². The molecule has 2 amide bonds. The molecule has 0 aromatic heterocycles. The maximum atomic E-state index is 12.3. The van der Waals surface area contributed by atoms with Gasteiger partial charge in [0.15, 0.2) is 0 Å². The fourth-order valence-corrected chi connectivity index (χ4v) is 3.74. The summed E-state index contributed by atoms with van der Waals surface area (Å²) in [4.78, 5) is 16.7. The quantitative estimate of drug-likeness (QED) is 0.818. The molecule has 0 radical (unpaired) electrons. The van der Waals surface area contributed by atoms with Gasteiger partial charge in [-0.15, -0.1) is 0 Å². The minimum Gasteiger partial charge on any atom is -0.389 e. The lowest BCUT2D eigenvalue weighted by atomic mass is 10.0.